The van der Waals surface area contributed by atoms with Crippen LogP contribution in [0.4, 0.5) is 13.2 Å². The molecule has 9 nitrogen and oxygen atoms in total. The molecule has 0 aliphatic rings. The molecule has 0 spiro atoms. The van der Waals surface area contributed by atoms with Gasteiger partial charge in [-0.15, -0.1) is 0 Å². The highest BCUT2D eigenvalue weighted by Crippen LogP contribution is 2.47. The number of rotatable bonds is 11. The summed E-state index contributed by atoms with van der Waals surface area (Å²) in [6, 6.07) is 5.29. The minimum absolute atomic E-state index is 0.00563. The Kier molecular flexibility index (Phi) is 9.20. The summed E-state index contributed by atoms with van der Waals surface area (Å²) in [5.41, 5.74) is -0.0619. The molecule has 2 rings (SSSR count). The highest BCUT2D eigenvalue weighted by Gasteiger charge is 2.42. The number of nitrogens with one attached hydrogen (secondary N) is 1. The van der Waals surface area contributed by atoms with E-state index in [0.717, 1.165) is 0 Å². The van der Waals surface area contributed by atoms with Gasteiger partial charge in [-0.3, -0.25) is 19.1 Å². The third-order valence-electron chi connectivity index (χ3n) is 4.22. The summed E-state index contributed by atoms with van der Waals surface area (Å²) in [4.78, 5) is 27.6. The molecular formula is C21H24F3N2O7P. The van der Waals surface area contributed by atoms with E-state index in [-0.39, 0.29) is 22.6 Å². The lowest BCUT2D eigenvalue weighted by Gasteiger charge is -2.26. The molecule has 0 radical (unpaired) electrons. The molecule has 0 amide bonds. The van der Waals surface area contributed by atoms with E-state index in [4.69, 9.17) is 13.8 Å². The number of aryl methyl sites for hydroxylation is 1. The van der Waals surface area contributed by atoms with Crippen molar-refractivity contribution in [2.45, 2.75) is 52.1 Å². The number of hydrogen-bond acceptors (Lipinski definition) is 8. The fraction of sp³-hybridized carbons (Fsp3) is 0.381. The summed E-state index contributed by atoms with van der Waals surface area (Å²) < 4.78 is 68.4. The summed E-state index contributed by atoms with van der Waals surface area (Å²) in [7, 11) is -4.68. The average molecular weight is 504 g/mol. The van der Waals surface area contributed by atoms with Crippen LogP contribution < -0.4 is 9.61 Å². The Bertz CT molecular complexity index is 1050. The molecule has 2 N–H and O–H groups in total. The van der Waals surface area contributed by atoms with Crippen molar-refractivity contribution in [2.24, 2.45) is 0 Å². The number of hydrogen-bond donors (Lipinski definition) is 2. The number of carbonyl (C=O) groups excluding carboxylic acids is 2. The Labute approximate surface area is 193 Å². The maximum absolute atomic E-state index is 13.5. The van der Waals surface area contributed by atoms with Crippen molar-refractivity contribution in [1.82, 2.24) is 10.1 Å². The SMILES string of the molecule is Cc1ncc(COP(=O)(NC(CC(F)(F)F)C(=O)OC(C)C)Oc2ccccc2)c(C=O)c1O. The lowest BCUT2D eigenvalue weighted by Crippen LogP contribution is -2.41. The predicted molar refractivity (Wildman–Crippen MR) is 114 cm³/mol. The first-order valence-corrected chi connectivity index (χ1v) is 11.5. The number of para-hydroxylation sites is 1. The van der Waals surface area contributed by atoms with Crippen molar-refractivity contribution in [3.05, 3.63) is 53.3 Å². The van der Waals surface area contributed by atoms with Crippen LogP contribution in [-0.4, -0.2) is 40.7 Å². The molecule has 0 fully saturated rings. The molecule has 0 bridgehead atoms. The maximum atomic E-state index is 13.5. The third kappa shape index (κ3) is 8.12. The van der Waals surface area contributed by atoms with Crippen LogP contribution >= 0.6 is 7.75 Å². The van der Waals surface area contributed by atoms with Crippen molar-refractivity contribution >= 4 is 20.0 Å². The molecule has 0 aliphatic heterocycles. The van der Waals surface area contributed by atoms with Crippen molar-refractivity contribution < 1.29 is 46.2 Å². The number of ether oxygens (including phenoxy) is 1. The first-order valence-electron chi connectivity index (χ1n) is 10.0. The zero-order valence-electron chi connectivity index (χ0n) is 18.5. The van der Waals surface area contributed by atoms with E-state index in [2.05, 4.69) is 4.98 Å². The van der Waals surface area contributed by atoms with Crippen molar-refractivity contribution in [3.63, 3.8) is 0 Å². The first kappa shape index (κ1) is 27.3. The second-order valence-corrected chi connectivity index (χ2v) is 9.10. The number of pyridine rings is 1. The normalized spacial score (nSPS) is 14.3. The van der Waals surface area contributed by atoms with Gasteiger partial charge in [-0.05, 0) is 32.9 Å². The molecule has 1 aromatic heterocycles. The van der Waals surface area contributed by atoms with Gasteiger partial charge < -0.3 is 14.4 Å². The maximum Gasteiger partial charge on any atom is 0.459 e. The number of alkyl halides is 3. The second kappa shape index (κ2) is 11.5. The van der Waals surface area contributed by atoms with Gasteiger partial charge in [0.1, 0.15) is 17.5 Å². The summed E-state index contributed by atoms with van der Waals surface area (Å²) in [6.45, 7) is 3.68. The Hall–Kier alpha value is -2.95. The van der Waals surface area contributed by atoms with Crippen molar-refractivity contribution in [2.75, 3.05) is 0 Å². The lowest BCUT2D eigenvalue weighted by atomic mass is 10.1. The average Bonchev–Trinajstić information content (AvgIpc) is 2.73. The van der Waals surface area contributed by atoms with Gasteiger partial charge in [0.2, 0.25) is 0 Å². The molecule has 2 atom stereocenters. The molecule has 34 heavy (non-hydrogen) atoms. The largest absolute Gasteiger partial charge is 0.505 e. The molecule has 0 saturated carbocycles. The lowest BCUT2D eigenvalue weighted by molar-refractivity contribution is -0.164. The van der Waals surface area contributed by atoms with Crippen LogP contribution in [0.5, 0.6) is 11.5 Å². The van der Waals surface area contributed by atoms with Gasteiger partial charge in [-0.2, -0.15) is 18.3 Å². The van der Waals surface area contributed by atoms with Gasteiger partial charge >= 0.3 is 19.9 Å². The molecule has 13 heteroatoms. The highest BCUT2D eigenvalue weighted by atomic mass is 31.2. The molecular weight excluding hydrogens is 480 g/mol. The van der Waals surface area contributed by atoms with Gasteiger partial charge in [0.25, 0.3) is 0 Å². The van der Waals surface area contributed by atoms with Crippen LogP contribution in [0.15, 0.2) is 36.5 Å². The summed E-state index contributed by atoms with van der Waals surface area (Å²) >= 11 is 0. The van der Waals surface area contributed by atoms with Crippen molar-refractivity contribution in [3.8, 4) is 11.5 Å². The number of esters is 1. The second-order valence-electron chi connectivity index (χ2n) is 7.41. The Morgan fingerprint density at radius 2 is 1.91 bits per heavy atom. The van der Waals surface area contributed by atoms with Crippen LogP contribution in [0, 0.1) is 6.92 Å². The number of aromatic hydroxyl groups is 1. The predicted octanol–water partition coefficient (Wildman–Crippen LogP) is 4.47. The van der Waals surface area contributed by atoms with Crippen LogP contribution in [0.1, 0.15) is 41.9 Å². The molecule has 0 aliphatic carbocycles. The Morgan fingerprint density at radius 1 is 1.26 bits per heavy atom. The van der Waals surface area contributed by atoms with E-state index in [9.17, 15) is 32.4 Å². The van der Waals surface area contributed by atoms with Crippen molar-refractivity contribution in [1.29, 1.82) is 0 Å². The standard InChI is InChI=1S/C21H24F3N2O7P/c1-13(2)32-20(29)18(9-21(22,23)24)26-34(30,33-16-7-5-4-6-8-16)31-12-15-10-25-14(3)19(28)17(15)11-27/h4-8,10-11,13,18,28H,9,12H2,1-3H3,(H,26,30). The van der Waals surface area contributed by atoms with E-state index in [1.54, 1.807) is 6.07 Å². The molecule has 0 saturated heterocycles. The van der Waals surface area contributed by atoms with Crippen LogP contribution in [0.2, 0.25) is 0 Å². The zero-order valence-corrected chi connectivity index (χ0v) is 19.4. The number of benzene rings is 1. The van der Waals surface area contributed by atoms with Gasteiger partial charge in [0.15, 0.2) is 6.29 Å². The van der Waals surface area contributed by atoms with Gasteiger partial charge in [0, 0.05) is 11.8 Å². The third-order valence-corrected chi connectivity index (χ3v) is 5.77. The fourth-order valence-corrected chi connectivity index (χ4v) is 4.15. The van der Waals surface area contributed by atoms with E-state index >= 15 is 0 Å². The molecule has 2 aromatic rings. The van der Waals surface area contributed by atoms with Crippen LogP contribution in [0.25, 0.3) is 0 Å². The monoisotopic (exact) mass is 504 g/mol. The minimum Gasteiger partial charge on any atom is -0.505 e. The molecule has 2 unspecified atom stereocenters. The van der Waals surface area contributed by atoms with Gasteiger partial charge in [-0.25, -0.2) is 4.57 Å². The quantitative estimate of drug-likeness (QED) is 0.259. The summed E-state index contributed by atoms with van der Waals surface area (Å²) in [5, 5.41) is 12.0. The van der Waals surface area contributed by atoms with E-state index in [1.807, 2.05) is 5.09 Å². The summed E-state index contributed by atoms with van der Waals surface area (Å²) in [6.07, 6.45) is -5.77. The number of carbonyl (C=O) groups is 2. The molecule has 186 valence electrons. The highest BCUT2D eigenvalue weighted by molar-refractivity contribution is 7.52. The number of nitrogens with zero attached hydrogens (tertiary/aromatic N) is 1. The molecule has 1 aromatic carbocycles. The first-order chi connectivity index (χ1) is 15.8. The molecule has 1 heterocycles. The Balaban J connectivity index is 2.38. The van der Waals surface area contributed by atoms with E-state index in [1.165, 1.54) is 51.2 Å². The zero-order chi connectivity index (χ0) is 25.5. The Morgan fingerprint density at radius 3 is 2.47 bits per heavy atom. The van der Waals surface area contributed by atoms with Gasteiger partial charge in [-0.1, -0.05) is 18.2 Å². The summed E-state index contributed by atoms with van der Waals surface area (Å²) in [5.74, 6) is -1.77. The van der Waals surface area contributed by atoms with Gasteiger partial charge in [0.05, 0.1) is 30.4 Å². The fourth-order valence-electron chi connectivity index (χ4n) is 2.68. The van der Waals surface area contributed by atoms with Crippen LogP contribution in [-0.2, 0) is 25.2 Å². The van der Waals surface area contributed by atoms with Crippen LogP contribution in [0.3, 0.4) is 0 Å². The number of aromatic nitrogens is 1. The topological polar surface area (TPSA) is 124 Å². The van der Waals surface area contributed by atoms with E-state index in [0.29, 0.717) is 6.29 Å². The number of halogens is 3. The smallest absolute Gasteiger partial charge is 0.459 e. The number of aldehydes is 1. The minimum atomic E-state index is -4.82. The van der Waals surface area contributed by atoms with E-state index < -0.39 is 50.8 Å².